The molecule has 6 heteroatoms. The second kappa shape index (κ2) is 5.69. The van der Waals surface area contributed by atoms with E-state index in [-0.39, 0.29) is 6.04 Å². The van der Waals surface area contributed by atoms with Gasteiger partial charge in [-0.2, -0.15) is 15.0 Å². The predicted octanol–water partition coefficient (Wildman–Crippen LogP) is 1.31. The number of nitrogens with zero attached hydrogens (tertiary/aromatic N) is 5. The lowest BCUT2D eigenvalue weighted by Gasteiger charge is -2.34. The van der Waals surface area contributed by atoms with Crippen molar-refractivity contribution in [2.45, 2.75) is 32.7 Å². The largest absolute Gasteiger partial charge is 0.368 e. The molecule has 1 saturated heterocycles. The van der Waals surface area contributed by atoms with Gasteiger partial charge in [0.25, 0.3) is 0 Å². The molecule has 2 atom stereocenters. The molecule has 0 aliphatic carbocycles. The quantitative estimate of drug-likeness (QED) is 0.887. The van der Waals surface area contributed by atoms with E-state index in [2.05, 4.69) is 33.7 Å². The number of nitrogen functional groups attached to an aromatic ring is 1. The average Bonchev–Trinajstić information content (AvgIpc) is 2.37. The topological polar surface area (TPSA) is 71.2 Å². The van der Waals surface area contributed by atoms with Gasteiger partial charge >= 0.3 is 0 Å². The van der Waals surface area contributed by atoms with Crippen molar-refractivity contribution in [1.29, 1.82) is 0 Å². The summed E-state index contributed by atoms with van der Waals surface area (Å²) < 4.78 is 0. The summed E-state index contributed by atoms with van der Waals surface area (Å²) >= 11 is 0. The van der Waals surface area contributed by atoms with Gasteiger partial charge in [0.2, 0.25) is 11.9 Å². The number of aromatic nitrogens is 3. The van der Waals surface area contributed by atoms with Gasteiger partial charge in [0, 0.05) is 20.6 Å². The van der Waals surface area contributed by atoms with Crippen molar-refractivity contribution in [3.8, 4) is 0 Å². The lowest BCUT2D eigenvalue weighted by Crippen LogP contribution is -2.37. The summed E-state index contributed by atoms with van der Waals surface area (Å²) in [6.45, 7) is 6.65. The second-order valence-electron chi connectivity index (χ2n) is 5.66. The van der Waals surface area contributed by atoms with E-state index in [1.54, 1.807) is 0 Å². The van der Waals surface area contributed by atoms with E-state index >= 15 is 0 Å². The van der Waals surface area contributed by atoms with Crippen LogP contribution in [0.1, 0.15) is 38.6 Å². The first-order chi connectivity index (χ1) is 8.97. The molecule has 6 nitrogen and oxygen atoms in total. The van der Waals surface area contributed by atoms with Crippen LogP contribution in [0.2, 0.25) is 0 Å². The first kappa shape index (κ1) is 14.0. The maximum atomic E-state index is 5.78. The summed E-state index contributed by atoms with van der Waals surface area (Å²) in [5.74, 6) is 2.43. The van der Waals surface area contributed by atoms with Crippen LogP contribution in [0.25, 0.3) is 0 Å². The fourth-order valence-corrected chi connectivity index (χ4v) is 2.52. The molecule has 2 heterocycles. The Morgan fingerprint density at radius 3 is 2.68 bits per heavy atom. The summed E-state index contributed by atoms with van der Waals surface area (Å²) in [6, 6.07) is 0.187. The van der Waals surface area contributed by atoms with Crippen LogP contribution in [-0.4, -0.2) is 47.0 Å². The molecule has 1 fully saturated rings. The molecular formula is C13H24N6. The summed E-state index contributed by atoms with van der Waals surface area (Å²) in [5.41, 5.74) is 5.78. The van der Waals surface area contributed by atoms with Gasteiger partial charge in [-0.25, -0.2) is 0 Å². The van der Waals surface area contributed by atoms with Crippen LogP contribution >= 0.6 is 0 Å². The van der Waals surface area contributed by atoms with Crippen molar-refractivity contribution in [2.75, 3.05) is 37.8 Å². The smallest absolute Gasteiger partial charge is 0.229 e. The molecule has 0 radical (unpaired) electrons. The van der Waals surface area contributed by atoms with Gasteiger partial charge in [-0.1, -0.05) is 6.92 Å². The molecule has 1 aromatic rings. The highest BCUT2D eigenvalue weighted by Crippen LogP contribution is 2.25. The number of hydrogen-bond donors (Lipinski definition) is 1. The minimum Gasteiger partial charge on any atom is -0.368 e. The summed E-state index contributed by atoms with van der Waals surface area (Å²) in [5, 5.41) is 0. The van der Waals surface area contributed by atoms with Crippen molar-refractivity contribution >= 4 is 11.9 Å². The predicted molar refractivity (Wildman–Crippen MR) is 77.0 cm³/mol. The molecule has 19 heavy (non-hydrogen) atoms. The Morgan fingerprint density at radius 2 is 2.05 bits per heavy atom. The Labute approximate surface area is 115 Å². The molecule has 1 aliphatic rings. The molecule has 1 aromatic heterocycles. The monoisotopic (exact) mass is 264 g/mol. The van der Waals surface area contributed by atoms with Crippen LogP contribution < -0.4 is 10.6 Å². The van der Waals surface area contributed by atoms with Crippen LogP contribution in [0.3, 0.4) is 0 Å². The highest BCUT2D eigenvalue weighted by molar-refractivity contribution is 5.33. The molecular weight excluding hydrogens is 240 g/mol. The highest BCUT2D eigenvalue weighted by Gasteiger charge is 2.24. The minimum absolute atomic E-state index is 0.187. The lowest BCUT2D eigenvalue weighted by atomic mass is 9.99. The standard InChI is InChI=1S/C13H24N6/c1-9-6-5-7-19(8-9)10(2)11-15-12(14)17-13(16-11)18(3)4/h9-10H,5-8H2,1-4H3,(H2,14,15,16,17). The fraction of sp³-hybridized carbons (Fsp3) is 0.769. The molecule has 2 rings (SSSR count). The van der Waals surface area contributed by atoms with Gasteiger partial charge < -0.3 is 10.6 Å². The number of piperidine rings is 1. The molecule has 0 saturated carbocycles. The zero-order chi connectivity index (χ0) is 14.0. The van der Waals surface area contributed by atoms with Crippen molar-refractivity contribution in [3.63, 3.8) is 0 Å². The van der Waals surface area contributed by atoms with E-state index in [1.165, 1.54) is 12.8 Å². The van der Waals surface area contributed by atoms with Crippen LogP contribution in [0.4, 0.5) is 11.9 Å². The summed E-state index contributed by atoms with van der Waals surface area (Å²) in [6.07, 6.45) is 2.55. The van der Waals surface area contributed by atoms with Gasteiger partial charge in [0.1, 0.15) is 0 Å². The van der Waals surface area contributed by atoms with E-state index in [9.17, 15) is 0 Å². The number of likely N-dealkylation sites (tertiary alicyclic amines) is 1. The Hall–Kier alpha value is -1.43. The number of rotatable bonds is 3. The van der Waals surface area contributed by atoms with Gasteiger partial charge in [-0.15, -0.1) is 0 Å². The Morgan fingerprint density at radius 1 is 1.32 bits per heavy atom. The van der Waals surface area contributed by atoms with Crippen LogP contribution in [0, 0.1) is 5.92 Å². The number of anilines is 2. The number of hydrogen-bond acceptors (Lipinski definition) is 6. The van der Waals surface area contributed by atoms with E-state index in [4.69, 9.17) is 5.73 Å². The van der Waals surface area contributed by atoms with Gasteiger partial charge in [0.05, 0.1) is 6.04 Å². The lowest BCUT2D eigenvalue weighted by molar-refractivity contribution is 0.134. The first-order valence-electron chi connectivity index (χ1n) is 6.90. The molecule has 1 aliphatic heterocycles. The van der Waals surface area contributed by atoms with E-state index in [1.807, 2.05) is 19.0 Å². The highest BCUT2D eigenvalue weighted by atomic mass is 15.3. The van der Waals surface area contributed by atoms with Gasteiger partial charge in [0.15, 0.2) is 5.82 Å². The fourth-order valence-electron chi connectivity index (χ4n) is 2.52. The molecule has 0 aromatic carbocycles. The Bertz CT molecular complexity index is 433. The maximum Gasteiger partial charge on any atom is 0.229 e. The zero-order valence-corrected chi connectivity index (χ0v) is 12.3. The van der Waals surface area contributed by atoms with Crippen LogP contribution in [0.15, 0.2) is 0 Å². The van der Waals surface area contributed by atoms with Crippen molar-refractivity contribution in [1.82, 2.24) is 19.9 Å². The Balaban J connectivity index is 2.20. The Kier molecular flexibility index (Phi) is 4.19. The van der Waals surface area contributed by atoms with E-state index in [0.717, 1.165) is 24.8 Å². The van der Waals surface area contributed by atoms with Crippen LogP contribution in [0.5, 0.6) is 0 Å². The minimum atomic E-state index is 0.187. The molecule has 2 unspecified atom stereocenters. The van der Waals surface area contributed by atoms with Crippen molar-refractivity contribution in [2.24, 2.45) is 5.92 Å². The molecule has 106 valence electrons. The molecule has 0 amide bonds. The zero-order valence-electron chi connectivity index (χ0n) is 12.3. The average molecular weight is 264 g/mol. The van der Waals surface area contributed by atoms with Gasteiger partial charge in [-0.05, 0) is 32.2 Å². The normalized spacial score (nSPS) is 22.2. The van der Waals surface area contributed by atoms with E-state index in [0.29, 0.717) is 11.9 Å². The number of nitrogens with two attached hydrogens (primary N) is 1. The molecule has 0 bridgehead atoms. The van der Waals surface area contributed by atoms with Crippen molar-refractivity contribution < 1.29 is 0 Å². The van der Waals surface area contributed by atoms with Gasteiger partial charge in [-0.3, -0.25) is 4.90 Å². The van der Waals surface area contributed by atoms with Crippen LogP contribution in [-0.2, 0) is 0 Å². The second-order valence-corrected chi connectivity index (χ2v) is 5.66. The molecule has 2 N–H and O–H groups in total. The summed E-state index contributed by atoms with van der Waals surface area (Å²) in [7, 11) is 3.82. The van der Waals surface area contributed by atoms with E-state index < -0.39 is 0 Å². The molecule has 0 spiro atoms. The third-order valence-electron chi connectivity index (χ3n) is 3.67. The first-order valence-corrected chi connectivity index (χ1v) is 6.90. The third kappa shape index (κ3) is 3.32. The SMILES string of the molecule is CC1CCCN(C(C)c2nc(N)nc(N(C)C)n2)C1. The summed E-state index contributed by atoms with van der Waals surface area (Å²) in [4.78, 5) is 17.2. The maximum absolute atomic E-state index is 5.78. The van der Waals surface area contributed by atoms with Crippen molar-refractivity contribution in [3.05, 3.63) is 5.82 Å². The third-order valence-corrected chi connectivity index (χ3v) is 3.67.